The number of carbonyl (C=O) groups excluding carboxylic acids is 1. The number of ether oxygens (including phenoxy) is 1. The lowest BCUT2D eigenvalue weighted by atomic mass is 10.2. The van der Waals surface area contributed by atoms with E-state index in [1.165, 1.54) is 12.3 Å². The minimum atomic E-state index is -1.13. The minimum absolute atomic E-state index is 0.00125. The van der Waals surface area contributed by atoms with Crippen LogP contribution in [0.1, 0.15) is 16.3 Å². The van der Waals surface area contributed by atoms with Crippen LogP contribution in [-0.2, 0) is 18.0 Å². The van der Waals surface area contributed by atoms with Crippen molar-refractivity contribution >= 4 is 19.9 Å². The molecule has 3 rings (SSSR count). The van der Waals surface area contributed by atoms with Gasteiger partial charge in [0.25, 0.3) is 5.91 Å². The molecule has 0 fully saturated rings. The third-order valence-corrected chi connectivity index (χ3v) is 5.89. The molecular formula is C19H26N6O3Si. The van der Waals surface area contributed by atoms with E-state index in [0.717, 1.165) is 12.7 Å². The fraction of sp³-hybridized carbons (Fsp3) is 0.368. The van der Waals surface area contributed by atoms with Gasteiger partial charge in [0, 0.05) is 27.1 Å². The highest BCUT2D eigenvalue weighted by Crippen LogP contribution is 2.19. The summed E-state index contributed by atoms with van der Waals surface area (Å²) in [6, 6.07) is 6.11. The Morgan fingerprint density at radius 2 is 2.17 bits per heavy atom. The lowest BCUT2D eigenvalue weighted by Crippen LogP contribution is -2.26. The maximum Gasteiger partial charge on any atom is 0.270 e. The maximum absolute atomic E-state index is 12.5. The monoisotopic (exact) mass is 414 g/mol. The standard InChI is InChI=1S/C19H26N6O3Si/c1-29(2,3)10-9-27-13-25-7-6-21-17(25)12-22-18(26)15-11-14(23-19(20)24-15)16-5-4-8-28-16/h4-8,11H,9-10,12-13H2,1-3H3,(H,22,26)(H2,20,23,24). The molecule has 154 valence electrons. The van der Waals surface area contributed by atoms with Crippen LogP contribution in [0.25, 0.3) is 11.5 Å². The summed E-state index contributed by atoms with van der Waals surface area (Å²) in [5.41, 5.74) is 6.35. The summed E-state index contributed by atoms with van der Waals surface area (Å²) >= 11 is 0. The molecule has 0 unspecified atom stereocenters. The first-order valence-corrected chi connectivity index (χ1v) is 13.1. The molecule has 0 saturated carbocycles. The Morgan fingerprint density at radius 1 is 1.34 bits per heavy atom. The predicted octanol–water partition coefficient (Wildman–Crippen LogP) is 2.76. The first-order chi connectivity index (χ1) is 13.8. The van der Waals surface area contributed by atoms with Crippen molar-refractivity contribution in [2.75, 3.05) is 12.3 Å². The number of carbonyl (C=O) groups is 1. The van der Waals surface area contributed by atoms with E-state index in [1.807, 2.05) is 10.8 Å². The molecule has 3 aromatic heterocycles. The molecule has 0 atom stereocenters. The van der Waals surface area contributed by atoms with Gasteiger partial charge in [0.15, 0.2) is 5.76 Å². The number of furan rings is 1. The zero-order valence-electron chi connectivity index (χ0n) is 16.9. The molecule has 0 aliphatic rings. The van der Waals surface area contributed by atoms with Crippen molar-refractivity contribution in [2.24, 2.45) is 0 Å². The summed E-state index contributed by atoms with van der Waals surface area (Å²) in [6.07, 6.45) is 5.04. The Morgan fingerprint density at radius 3 is 2.90 bits per heavy atom. The molecule has 0 saturated heterocycles. The predicted molar refractivity (Wildman–Crippen MR) is 112 cm³/mol. The van der Waals surface area contributed by atoms with Crippen LogP contribution in [0.5, 0.6) is 0 Å². The summed E-state index contributed by atoms with van der Waals surface area (Å²) in [5, 5.41) is 2.81. The van der Waals surface area contributed by atoms with Gasteiger partial charge in [0.05, 0.1) is 12.8 Å². The van der Waals surface area contributed by atoms with Gasteiger partial charge in [0.2, 0.25) is 5.95 Å². The lowest BCUT2D eigenvalue weighted by Gasteiger charge is -2.16. The SMILES string of the molecule is C[Si](C)(C)CCOCn1ccnc1CNC(=O)c1cc(-c2ccco2)nc(N)n1. The van der Waals surface area contributed by atoms with E-state index in [-0.39, 0.29) is 24.1 Å². The molecule has 0 aliphatic heterocycles. The summed E-state index contributed by atoms with van der Waals surface area (Å²) in [4.78, 5) is 25.0. The van der Waals surface area contributed by atoms with Gasteiger partial charge < -0.3 is 24.8 Å². The fourth-order valence-corrected chi connectivity index (χ4v) is 3.31. The van der Waals surface area contributed by atoms with E-state index in [4.69, 9.17) is 14.9 Å². The number of aromatic nitrogens is 4. The number of nitrogens with one attached hydrogen (secondary N) is 1. The molecule has 0 aliphatic carbocycles. The molecule has 10 heteroatoms. The number of rotatable bonds is 9. The van der Waals surface area contributed by atoms with E-state index in [9.17, 15) is 4.79 Å². The van der Waals surface area contributed by atoms with Crippen molar-refractivity contribution in [3.05, 3.63) is 48.4 Å². The zero-order valence-corrected chi connectivity index (χ0v) is 17.9. The van der Waals surface area contributed by atoms with Crippen LogP contribution in [0.4, 0.5) is 5.95 Å². The fourth-order valence-electron chi connectivity index (χ4n) is 2.55. The summed E-state index contributed by atoms with van der Waals surface area (Å²) in [7, 11) is -1.13. The molecule has 0 aromatic carbocycles. The van der Waals surface area contributed by atoms with Gasteiger partial charge in [-0.3, -0.25) is 4.79 Å². The van der Waals surface area contributed by atoms with Gasteiger partial charge in [-0.15, -0.1) is 0 Å². The molecule has 0 bridgehead atoms. The molecule has 0 radical (unpaired) electrons. The van der Waals surface area contributed by atoms with E-state index in [0.29, 0.717) is 24.0 Å². The van der Waals surface area contributed by atoms with Gasteiger partial charge in [-0.1, -0.05) is 19.6 Å². The highest BCUT2D eigenvalue weighted by molar-refractivity contribution is 6.76. The maximum atomic E-state index is 12.5. The second-order valence-electron chi connectivity index (χ2n) is 7.82. The minimum Gasteiger partial charge on any atom is -0.463 e. The molecule has 0 spiro atoms. The van der Waals surface area contributed by atoms with Crippen LogP contribution >= 0.6 is 0 Å². The van der Waals surface area contributed by atoms with Crippen LogP contribution < -0.4 is 11.1 Å². The van der Waals surface area contributed by atoms with E-state index in [1.54, 1.807) is 18.3 Å². The van der Waals surface area contributed by atoms with Gasteiger partial charge in [-0.25, -0.2) is 15.0 Å². The molecule has 1 amide bonds. The number of amides is 1. The molecule has 29 heavy (non-hydrogen) atoms. The summed E-state index contributed by atoms with van der Waals surface area (Å²) in [6.45, 7) is 8.29. The second kappa shape index (κ2) is 9.01. The van der Waals surface area contributed by atoms with Gasteiger partial charge in [0.1, 0.15) is 23.9 Å². The van der Waals surface area contributed by atoms with Crippen LogP contribution in [0.2, 0.25) is 25.7 Å². The third-order valence-electron chi connectivity index (χ3n) is 4.19. The van der Waals surface area contributed by atoms with E-state index in [2.05, 4.69) is 39.9 Å². The highest BCUT2D eigenvalue weighted by Gasteiger charge is 2.15. The van der Waals surface area contributed by atoms with Gasteiger partial charge in [-0.05, 0) is 24.2 Å². The average Bonchev–Trinajstić information content (AvgIpc) is 3.34. The quantitative estimate of drug-likeness (QED) is 0.408. The van der Waals surface area contributed by atoms with Crippen LogP contribution in [-0.4, -0.2) is 40.1 Å². The number of hydrogen-bond donors (Lipinski definition) is 2. The van der Waals surface area contributed by atoms with Crippen LogP contribution in [0.15, 0.2) is 41.3 Å². The Kier molecular flexibility index (Phi) is 6.45. The summed E-state index contributed by atoms with van der Waals surface area (Å²) < 4.78 is 12.9. The number of nitrogen functional groups attached to an aromatic ring is 1. The zero-order chi connectivity index (χ0) is 20.9. The molecule has 3 aromatic rings. The first kappa shape index (κ1) is 20.7. The van der Waals surface area contributed by atoms with E-state index >= 15 is 0 Å². The van der Waals surface area contributed by atoms with Gasteiger partial charge >= 0.3 is 0 Å². The molecule has 3 heterocycles. The van der Waals surface area contributed by atoms with E-state index < -0.39 is 8.07 Å². The number of anilines is 1. The topological polar surface area (TPSA) is 121 Å². The van der Waals surface area contributed by atoms with Gasteiger partial charge in [-0.2, -0.15) is 0 Å². The number of nitrogens with zero attached hydrogens (tertiary/aromatic N) is 4. The number of hydrogen-bond acceptors (Lipinski definition) is 7. The lowest BCUT2D eigenvalue weighted by molar-refractivity contribution is 0.0837. The van der Waals surface area contributed by atoms with Crippen molar-refractivity contribution in [3.63, 3.8) is 0 Å². The smallest absolute Gasteiger partial charge is 0.270 e. The highest BCUT2D eigenvalue weighted by atomic mass is 28.3. The second-order valence-corrected chi connectivity index (χ2v) is 13.4. The van der Waals surface area contributed by atoms with Crippen molar-refractivity contribution < 1.29 is 13.9 Å². The Balaban J connectivity index is 1.58. The first-order valence-electron chi connectivity index (χ1n) is 9.36. The Bertz CT molecular complexity index is 949. The van der Waals surface area contributed by atoms with Crippen molar-refractivity contribution in [1.29, 1.82) is 0 Å². The number of nitrogens with two attached hydrogens (primary N) is 1. The Labute approximate surface area is 170 Å². The van der Waals surface area contributed by atoms with Crippen LogP contribution in [0, 0.1) is 0 Å². The molecule has 3 N–H and O–H groups in total. The molecule has 9 nitrogen and oxygen atoms in total. The average molecular weight is 415 g/mol. The van der Waals surface area contributed by atoms with Crippen LogP contribution in [0.3, 0.4) is 0 Å². The van der Waals surface area contributed by atoms with Crippen molar-refractivity contribution in [2.45, 2.75) is 39.0 Å². The third kappa shape index (κ3) is 6.00. The van der Waals surface area contributed by atoms with Crippen molar-refractivity contribution in [3.8, 4) is 11.5 Å². The van der Waals surface area contributed by atoms with Crippen molar-refractivity contribution in [1.82, 2.24) is 24.8 Å². The molecular weight excluding hydrogens is 388 g/mol. The largest absolute Gasteiger partial charge is 0.463 e. The summed E-state index contributed by atoms with van der Waals surface area (Å²) in [5.74, 6) is 0.834. The normalized spacial score (nSPS) is 11.6. The number of imidazole rings is 1. The Hall–Kier alpha value is -2.98.